The van der Waals surface area contributed by atoms with Crippen LogP contribution in [0.25, 0.3) is 0 Å². The number of hydrogen-bond donors (Lipinski definition) is 2. The third-order valence-electron chi connectivity index (χ3n) is 4.66. The first-order chi connectivity index (χ1) is 14.7. The number of anilines is 2. The average molecular weight is 457 g/mol. The Hall–Kier alpha value is -2.63. The highest BCUT2D eigenvalue weighted by Crippen LogP contribution is 2.37. The summed E-state index contributed by atoms with van der Waals surface area (Å²) in [7, 11) is -3.80. The van der Waals surface area contributed by atoms with E-state index in [2.05, 4.69) is 10.0 Å². The SMILES string of the molecule is O=C(CCNS(=O)(=O)c1ccccc1)Nc1ccc(N2CCOCC2)cc1C(F)(F)F. The van der Waals surface area contributed by atoms with E-state index in [4.69, 9.17) is 4.74 Å². The molecule has 1 aliphatic rings. The smallest absolute Gasteiger partial charge is 0.378 e. The number of ether oxygens (including phenoxy) is 1. The number of benzene rings is 2. The van der Waals surface area contributed by atoms with Crippen LogP contribution in [-0.2, 0) is 25.7 Å². The first kappa shape index (κ1) is 23.0. The highest BCUT2D eigenvalue weighted by Gasteiger charge is 2.35. The summed E-state index contributed by atoms with van der Waals surface area (Å²) in [6.45, 7) is 1.56. The zero-order valence-corrected chi connectivity index (χ0v) is 17.3. The van der Waals surface area contributed by atoms with Crippen LogP contribution in [0, 0.1) is 0 Å². The molecule has 1 heterocycles. The van der Waals surface area contributed by atoms with E-state index in [-0.39, 0.29) is 23.5 Å². The van der Waals surface area contributed by atoms with Gasteiger partial charge in [-0.25, -0.2) is 13.1 Å². The molecular weight excluding hydrogens is 435 g/mol. The van der Waals surface area contributed by atoms with Crippen LogP contribution in [0.5, 0.6) is 0 Å². The van der Waals surface area contributed by atoms with E-state index in [1.807, 2.05) is 0 Å². The number of alkyl halides is 3. The number of nitrogens with one attached hydrogen (secondary N) is 2. The van der Waals surface area contributed by atoms with Crippen LogP contribution >= 0.6 is 0 Å². The second-order valence-electron chi connectivity index (χ2n) is 6.84. The van der Waals surface area contributed by atoms with Crippen LogP contribution < -0.4 is 14.9 Å². The fourth-order valence-electron chi connectivity index (χ4n) is 3.09. The largest absolute Gasteiger partial charge is 0.418 e. The summed E-state index contributed by atoms with van der Waals surface area (Å²) in [5.74, 6) is -0.736. The van der Waals surface area contributed by atoms with Gasteiger partial charge in [0.1, 0.15) is 0 Å². The number of carbonyl (C=O) groups excluding carboxylic acids is 1. The van der Waals surface area contributed by atoms with Gasteiger partial charge in [-0.3, -0.25) is 4.79 Å². The average Bonchev–Trinajstić information content (AvgIpc) is 2.74. The zero-order chi connectivity index (χ0) is 22.5. The zero-order valence-electron chi connectivity index (χ0n) is 16.5. The molecule has 1 fully saturated rings. The maximum absolute atomic E-state index is 13.6. The van der Waals surface area contributed by atoms with Gasteiger partial charge >= 0.3 is 6.18 Å². The van der Waals surface area contributed by atoms with E-state index in [1.54, 1.807) is 23.1 Å². The Kier molecular flexibility index (Phi) is 7.19. The summed E-state index contributed by atoms with van der Waals surface area (Å²) in [5.41, 5.74) is -0.945. The summed E-state index contributed by atoms with van der Waals surface area (Å²) < 4.78 is 72.4. The number of carbonyl (C=O) groups is 1. The molecule has 1 amide bonds. The fraction of sp³-hybridized carbons (Fsp3) is 0.350. The van der Waals surface area contributed by atoms with Crippen LogP contribution in [0.15, 0.2) is 53.4 Å². The van der Waals surface area contributed by atoms with E-state index in [1.165, 1.54) is 24.3 Å². The molecule has 0 aromatic heterocycles. The van der Waals surface area contributed by atoms with Crippen LogP contribution in [0.2, 0.25) is 0 Å². The molecule has 0 aliphatic carbocycles. The minimum atomic E-state index is -4.67. The van der Waals surface area contributed by atoms with Crippen LogP contribution in [-0.4, -0.2) is 47.2 Å². The Morgan fingerprint density at radius 1 is 1.06 bits per heavy atom. The first-order valence-electron chi connectivity index (χ1n) is 9.55. The molecule has 1 saturated heterocycles. The van der Waals surface area contributed by atoms with Crippen LogP contribution in [0.1, 0.15) is 12.0 Å². The third kappa shape index (κ3) is 6.18. The Morgan fingerprint density at radius 3 is 2.39 bits per heavy atom. The molecule has 11 heteroatoms. The molecule has 3 rings (SSSR count). The lowest BCUT2D eigenvalue weighted by atomic mass is 10.1. The molecule has 0 bridgehead atoms. The summed E-state index contributed by atoms with van der Waals surface area (Å²) in [5, 5.41) is 2.24. The van der Waals surface area contributed by atoms with E-state index in [0.717, 1.165) is 6.07 Å². The van der Waals surface area contributed by atoms with Crippen molar-refractivity contribution in [3.05, 3.63) is 54.1 Å². The predicted octanol–water partition coefficient (Wildman–Crippen LogP) is 2.85. The van der Waals surface area contributed by atoms with Gasteiger partial charge < -0.3 is 15.0 Å². The van der Waals surface area contributed by atoms with Gasteiger partial charge in [-0.05, 0) is 30.3 Å². The Labute approximate surface area is 178 Å². The molecule has 168 valence electrons. The molecule has 2 aromatic carbocycles. The molecule has 31 heavy (non-hydrogen) atoms. The molecule has 1 aliphatic heterocycles. The normalized spacial score (nSPS) is 15.0. The molecule has 2 N–H and O–H groups in total. The van der Waals surface area contributed by atoms with Crippen molar-refractivity contribution < 1.29 is 31.1 Å². The van der Waals surface area contributed by atoms with E-state index in [0.29, 0.717) is 32.0 Å². The maximum Gasteiger partial charge on any atom is 0.418 e. The Balaban J connectivity index is 1.65. The quantitative estimate of drug-likeness (QED) is 0.668. The van der Waals surface area contributed by atoms with Gasteiger partial charge in [0.2, 0.25) is 15.9 Å². The lowest BCUT2D eigenvalue weighted by Gasteiger charge is -2.29. The fourth-order valence-corrected chi connectivity index (χ4v) is 4.14. The number of rotatable bonds is 7. The number of halogens is 3. The number of hydrogen-bond acceptors (Lipinski definition) is 5. The second kappa shape index (κ2) is 9.67. The van der Waals surface area contributed by atoms with Crippen molar-refractivity contribution in [2.24, 2.45) is 0 Å². The van der Waals surface area contributed by atoms with Crippen molar-refractivity contribution in [1.29, 1.82) is 0 Å². The lowest BCUT2D eigenvalue weighted by molar-refractivity contribution is -0.136. The number of amides is 1. The number of sulfonamides is 1. The first-order valence-corrected chi connectivity index (χ1v) is 11.0. The van der Waals surface area contributed by atoms with Crippen molar-refractivity contribution in [2.75, 3.05) is 43.1 Å². The molecule has 0 radical (unpaired) electrons. The van der Waals surface area contributed by atoms with E-state index >= 15 is 0 Å². The number of nitrogens with zero attached hydrogens (tertiary/aromatic N) is 1. The molecule has 0 atom stereocenters. The van der Waals surface area contributed by atoms with Crippen LogP contribution in [0.4, 0.5) is 24.5 Å². The Morgan fingerprint density at radius 2 is 1.74 bits per heavy atom. The van der Waals surface area contributed by atoms with Gasteiger partial charge in [-0.1, -0.05) is 18.2 Å². The van der Waals surface area contributed by atoms with Crippen LogP contribution in [0.3, 0.4) is 0 Å². The molecular formula is C20H22F3N3O4S. The summed E-state index contributed by atoms with van der Waals surface area (Å²) in [6, 6.07) is 11.3. The maximum atomic E-state index is 13.6. The summed E-state index contributed by atoms with van der Waals surface area (Å²) in [6.07, 6.45) is -4.99. The van der Waals surface area contributed by atoms with E-state index in [9.17, 15) is 26.4 Å². The van der Waals surface area contributed by atoms with Gasteiger partial charge in [-0.15, -0.1) is 0 Å². The van der Waals surface area contributed by atoms with Gasteiger partial charge in [0.05, 0.1) is 29.4 Å². The lowest BCUT2D eigenvalue weighted by Crippen LogP contribution is -2.36. The summed E-state index contributed by atoms with van der Waals surface area (Å²) >= 11 is 0. The van der Waals surface area contributed by atoms with Crippen molar-refractivity contribution in [1.82, 2.24) is 4.72 Å². The molecule has 0 unspecified atom stereocenters. The Bertz CT molecular complexity index is 1010. The van der Waals surface area contributed by atoms with Gasteiger partial charge in [0.15, 0.2) is 0 Å². The highest BCUT2D eigenvalue weighted by atomic mass is 32.2. The molecule has 0 spiro atoms. The molecule has 7 nitrogen and oxygen atoms in total. The second-order valence-corrected chi connectivity index (χ2v) is 8.60. The topological polar surface area (TPSA) is 87.7 Å². The third-order valence-corrected chi connectivity index (χ3v) is 6.13. The standard InChI is InChI=1S/C20H22F3N3O4S/c21-20(22,23)17-14-15(26-10-12-30-13-11-26)6-7-18(17)25-19(27)8-9-24-31(28,29)16-4-2-1-3-5-16/h1-7,14,24H,8-13H2,(H,25,27). The van der Waals surface area contributed by atoms with Crippen molar-refractivity contribution in [3.8, 4) is 0 Å². The minimum Gasteiger partial charge on any atom is -0.378 e. The van der Waals surface area contributed by atoms with Gasteiger partial charge in [-0.2, -0.15) is 13.2 Å². The van der Waals surface area contributed by atoms with Gasteiger partial charge in [0, 0.05) is 31.7 Å². The van der Waals surface area contributed by atoms with E-state index < -0.39 is 27.7 Å². The number of morpholine rings is 1. The molecule has 2 aromatic rings. The van der Waals surface area contributed by atoms with Crippen molar-refractivity contribution >= 4 is 27.3 Å². The predicted molar refractivity (Wildman–Crippen MR) is 109 cm³/mol. The van der Waals surface area contributed by atoms with Crippen molar-refractivity contribution in [3.63, 3.8) is 0 Å². The molecule has 0 saturated carbocycles. The highest BCUT2D eigenvalue weighted by molar-refractivity contribution is 7.89. The van der Waals surface area contributed by atoms with Gasteiger partial charge in [0.25, 0.3) is 0 Å². The minimum absolute atomic E-state index is 0.0356. The summed E-state index contributed by atoms with van der Waals surface area (Å²) in [4.78, 5) is 14.0. The van der Waals surface area contributed by atoms with Crippen molar-refractivity contribution in [2.45, 2.75) is 17.5 Å². The monoisotopic (exact) mass is 457 g/mol.